The Morgan fingerprint density at radius 1 is 1.36 bits per heavy atom. The van der Waals surface area contributed by atoms with Gasteiger partial charge in [-0.1, -0.05) is 25.7 Å². The minimum atomic E-state index is 0. The second-order valence-corrected chi connectivity index (χ2v) is 4.05. The van der Waals surface area contributed by atoms with Crippen LogP contribution in [0.15, 0.2) is 0 Å². The predicted molar refractivity (Wildman–Crippen MR) is 48.7 cm³/mol. The van der Waals surface area contributed by atoms with E-state index in [0.717, 1.165) is 12.3 Å². The maximum absolute atomic E-state index is 3.85. The second kappa shape index (κ2) is 6.60. The zero-order valence-corrected chi connectivity index (χ0v) is 11.7. The van der Waals surface area contributed by atoms with Crippen LogP contribution in [0.4, 0.5) is 0 Å². The van der Waals surface area contributed by atoms with E-state index in [2.05, 4.69) is 22.9 Å². The Morgan fingerprint density at radius 2 is 1.91 bits per heavy atom. The van der Waals surface area contributed by atoms with Crippen LogP contribution < -0.4 is 0 Å². The number of rotatable bonds is 3. The molecule has 1 fully saturated rings. The smallest absolute Gasteiger partial charge is 0.346 e. The molecule has 0 bridgehead atoms. The summed E-state index contributed by atoms with van der Waals surface area (Å²) in [4.78, 5) is 1.51. The molecule has 0 aromatic rings. The first kappa shape index (κ1) is 12.1. The summed E-state index contributed by atoms with van der Waals surface area (Å²) < 4.78 is 0. The molecule has 0 aromatic carbocycles. The van der Waals surface area contributed by atoms with Crippen LogP contribution in [0.25, 0.3) is 0 Å². The molecule has 0 aliphatic heterocycles. The van der Waals surface area contributed by atoms with E-state index in [4.69, 9.17) is 0 Å². The van der Waals surface area contributed by atoms with E-state index in [1.54, 1.807) is 0 Å². The summed E-state index contributed by atoms with van der Waals surface area (Å²) in [5.41, 5.74) is 0. The number of halogens is 1. The van der Waals surface area contributed by atoms with Crippen LogP contribution in [0.5, 0.6) is 0 Å². The third-order valence-electron chi connectivity index (χ3n) is 2.21. The average molecular weight is 269 g/mol. The fourth-order valence-corrected chi connectivity index (χ4v) is 2.35. The molecule has 0 radical (unpaired) electrons. The molecule has 1 saturated carbocycles. The van der Waals surface area contributed by atoms with Gasteiger partial charge in [0.15, 0.2) is 0 Å². The van der Waals surface area contributed by atoms with Gasteiger partial charge in [-0.3, -0.25) is 0 Å². The van der Waals surface area contributed by atoms with Crippen molar-refractivity contribution in [2.75, 3.05) is 0 Å². The van der Waals surface area contributed by atoms with Gasteiger partial charge < -0.3 is 22.9 Å². The number of hydrogen-bond donors (Lipinski definition) is 0. The maximum Gasteiger partial charge on any atom is 2.00 e. The summed E-state index contributed by atoms with van der Waals surface area (Å²) in [5.74, 6) is 0.877. The molecule has 0 nitrogen and oxygen atoms in total. The Morgan fingerprint density at radius 3 is 2.36 bits per heavy atom. The van der Waals surface area contributed by atoms with Crippen molar-refractivity contribution in [1.82, 2.24) is 0 Å². The van der Waals surface area contributed by atoms with Crippen molar-refractivity contribution >= 4 is 15.9 Å². The summed E-state index contributed by atoms with van der Waals surface area (Å²) in [6, 6.07) is 0. The molecule has 2 heteroatoms. The van der Waals surface area contributed by atoms with Gasteiger partial charge in [-0.25, -0.2) is 11.2 Å². The zero-order chi connectivity index (χ0) is 7.40. The molecule has 0 heterocycles. The van der Waals surface area contributed by atoms with Crippen molar-refractivity contribution in [1.29, 1.82) is 0 Å². The fourth-order valence-electron chi connectivity index (χ4n) is 1.61. The van der Waals surface area contributed by atoms with Crippen molar-refractivity contribution in [2.45, 2.75) is 38.5 Å². The van der Waals surface area contributed by atoms with Crippen LogP contribution in [0.1, 0.15) is 38.5 Å². The fraction of sp³-hybridized carbons (Fsp3) is 0.778. The van der Waals surface area contributed by atoms with E-state index in [9.17, 15) is 0 Å². The Hall–Kier alpha value is 1.10. The van der Waals surface area contributed by atoms with Crippen molar-refractivity contribution in [3.63, 3.8) is 0 Å². The summed E-state index contributed by atoms with van der Waals surface area (Å²) in [6.07, 6.45) is 7.87. The molecule has 0 saturated heterocycles. The second-order valence-electron chi connectivity index (χ2n) is 3.03. The molecular weight excluding hydrogens is 253 g/mol. The Balaban J connectivity index is 0.000001000. The van der Waals surface area contributed by atoms with Gasteiger partial charge >= 0.3 is 19.5 Å². The van der Waals surface area contributed by atoms with E-state index in [0.29, 0.717) is 0 Å². The molecule has 1 aliphatic rings. The third-order valence-corrected chi connectivity index (χ3v) is 3.26. The van der Waals surface area contributed by atoms with Crippen molar-refractivity contribution in [2.24, 2.45) is 5.92 Å². The van der Waals surface area contributed by atoms with Crippen LogP contribution in [0, 0.1) is 17.7 Å². The van der Waals surface area contributed by atoms with Gasteiger partial charge in [-0.15, -0.1) is 0 Å². The molecule has 0 unspecified atom stereocenters. The van der Waals surface area contributed by atoms with Crippen LogP contribution >= 0.6 is 15.9 Å². The van der Waals surface area contributed by atoms with E-state index in [1.807, 2.05) is 0 Å². The molecular formula is C9H15BrZn. The molecule has 0 amide bonds. The van der Waals surface area contributed by atoms with E-state index in [-0.39, 0.29) is 19.5 Å². The van der Waals surface area contributed by atoms with Crippen LogP contribution in [-0.2, 0) is 19.5 Å². The maximum atomic E-state index is 3.85. The molecule has 1 rings (SSSR count). The minimum Gasteiger partial charge on any atom is -0.346 e. The zero-order valence-electron chi connectivity index (χ0n) is 7.11. The normalized spacial score (nSPS) is 18.8. The van der Waals surface area contributed by atoms with Crippen LogP contribution in [0.2, 0.25) is 0 Å². The SMILES string of the molecule is [CH2-]CC[C-](Br)C1CCCC1.[Zn+2]. The van der Waals surface area contributed by atoms with E-state index in [1.165, 1.54) is 36.9 Å². The van der Waals surface area contributed by atoms with Gasteiger partial charge in [0.1, 0.15) is 0 Å². The van der Waals surface area contributed by atoms with Gasteiger partial charge in [0, 0.05) is 0 Å². The van der Waals surface area contributed by atoms with E-state index >= 15 is 0 Å². The molecule has 0 aromatic heterocycles. The quantitative estimate of drug-likeness (QED) is 0.541. The molecule has 1 aliphatic carbocycles. The molecule has 11 heavy (non-hydrogen) atoms. The predicted octanol–water partition coefficient (Wildman–Crippen LogP) is 3.72. The first-order chi connectivity index (χ1) is 4.84. The summed E-state index contributed by atoms with van der Waals surface area (Å²) in [6.45, 7) is 3.85. The van der Waals surface area contributed by atoms with Crippen LogP contribution in [-0.4, -0.2) is 0 Å². The summed E-state index contributed by atoms with van der Waals surface area (Å²) in [5, 5.41) is 0. The monoisotopic (exact) mass is 266 g/mol. The minimum absolute atomic E-state index is 0. The summed E-state index contributed by atoms with van der Waals surface area (Å²) in [7, 11) is 0. The Bertz CT molecular complexity index is 89.6. The van der Waals surface area contributed by atoms with Crippen molar-refractivity contribution in [3.8, 4) is 0 Å². The average Bonchev–Trinajstić information content (AvgIpc) is 2.38. The molecule has 60 valence electrons. The third kappa shape index (κ3) is 4.03. The standard InChI is InChI=1S/C9H15Br.Zn/c1-2-5-9(10)8-6-3-4-7-8;/h8H,1-7H2;/q-2;+2. The van der Waals surface area contributed by atoms with Crippen LogP contribution in [0.3, 0.4) is 0 Å². The van der Waals surface area contributed by atoms with E-state index < -0.39 is 0 Å². The number of hydrogen-bond acceptors (Lipinski definition) is 0. The summed E-state index contributed by atoms with van der Waals surface area (Å²) >= 11 is 3.64. The molecule has 0 N–H and O–H groups in total. The van der Waals surface area contributed by atoms with Gasteiger partial charge in [-0.2, -0.15) is 12.3 Å². The van der Waals surface area contributed by atoms with Gasteiger partial charge in [0.25, 0.3) is 0 Å². The Kier molecular flexibility index (Phi) is 7.26. The Labute approximate surface area is 91.4 Å². The van der Waals surface area contributed by atoms with Gasteiger partial charge in [0.05, 0.1) is 0 Å². The largest absolute Gasteiger partial charge is 2.00 e. The topological polar surface area (TPSA) is 0 Å². The molecule has 0 spiro atoms. The van der Waals surface area contributed by atoms with Crippen molar-refractivity contribution in [3.05, 3.63) is 11.8 Å². The first-order valence-corrected chi connectivity index (χ1v) is 4.94. The first-order valence-electron chi connectivity index (χ1n) is 4.15. The van der Waals surface area contributed by atoms with Gasteiger partial charge in [-0.05, 0) is 0 Å². The molecule has 0 atom stereocenters. The van der Waals surface area contributed by atoms with Gasteiger partial charge in [0.2, 0.25) is 0 Å². The van der Waals surface area contributed by atoms with Crippen molar-refractivity contribution < 1.29 is 19.5 Å².